The van der Waals surface area contributed by atoms with Crippen molar-refractivity contribution in [1.82, 2.24) is 9.80 Å². The number of amidine groups is 1. The van der Waals surface area contributed by atoms with E-state index in [2.05, 4.69) is 62.7 Å². The fraction of sp³-hybridized carbons (Fsp3) is 0.364. The van der Waals surface area contributed by atoms with Crippen LogP contribution in [-0.4, -0.2) is 60.5 Å². The van der Waals surface area contributed by atoms with Crippen LogP contribution in [0.1, 0.15) is 11.1 Å². The van der Waals surface area contributed by atoms with E-state index in [1.165, 1.54) is 5.56 Å². The SMILES string of the molecule is COc1cc(C#N)c(N=C(CI)N2CCN(Cc3ccccc3)CC2)cc1OC. The van der Waals surface area contributed by atoms with Gasteiger partial charge in [0.15, 0.2) is 11.5 Å². The Morgan fingerprint density at radius 3 is 2.31 bits per heavy atom. The Labute approximate surface area is 185 Å². The summed E-state index contributed by atoms with van der Waals surface area (Å²) in [5, 5.41) is 9.54. The van der Waals surface area contributed by atoms with Crippen LogP contribution in [0.2, 0.25) is 0 Å². The number of alkyl halides is 1. The molecule has 3 rings (SSSR count). The lowest BCUT2D eigenvalue weighted by atomic mass is 10.1. The van der Waals surface area contributed by atoms with Gasteiger partial charge in [0, 0.05) is 44.9 Å². The van der Waals surface area contributed by atoms with Crippen molar-refractivity contribution in [1.29, 1.82) is 5.26 Å². The second-order valence-corrected chi connectivity index (χ2v) is 7.51. The van der Waals surface area contributed by atoms with Gasteiger partial charge in [0.1, 0.15) is 11.9 Å². The number of aliphatic imine (C=N–C) groups is 1. The third-order valence-corrected chi connectivity index (χ3v) is 5.66. The standard InChI is InChI=1S/C22H25IN4O2/c1-28-20-12-18(15-24)19(13-21(20)29-2)25-22(14-23)27-10-8-26(9-11-27)16-17-6-4-3-5-7-17/h3-7,12-13H,8-11,14,16H2,1-2H3. The zero-order valence-corrected chi connectivity index (χ0v) is 18.9. The Hall–Kier alpha value is -2.31. The van der Waals surface area contributed by atoms with Crippen LogP contribution in [0, 0.1) is 11.3 Å². The number of hydrogen-bond acceptors (Lipinski definition) is 5. The predicted molar refractivity (Wildman–Crippen MR) is 124 cm³/mol. The number of piperazine rings is 1. The average Bonchev–Trinajstić information content (AvgIpc) is 2.78. The van der Waals surface area contributed by atoms with Gasteiger partial charge in [0.05, 0.1) is 29.9 Å². The van der Waals surface area contributed by atoms with Crippen LogP contribution in [0.5, 0.6) is 11.5 Å². The van der Waals surface area contributed by atoms with Crippen molar-refractivity contribution in [2.75, 3.05) is 44.8 Å². The van der Waals surface area contributed by atoms with E-state index in [-0.39, 0.29) is 0 Å². The minimum Gasteiger partial charge on any atom is -0.493 e. The number of nitrogens with zero attached hydrogens (tertiary/aromatic N) is 4. The average molecular weight is 504 g/mol. The first-order chi connectivity index (χ1) is 14.2. The fourth-order valence-corrected chi connectivity index (χ4v) is 4.03. The third kappa shape index (κ3) is 5.40. The van der Waals surface area contributed by atoms with Crippen LogP contribution in [0.4, 0.5) is 5.69 Å². The smallest absolute Gasteiger partial charge is 0.162 e. The van der Waals surface area contributed by atoms with Crippen molar-refractivity contribution in [2.45, 2.75) is 6.54 Å². The van der Waals surface area contributed by atoms with Crippen molar-refractivity contribution in [3.05, 3.63) is 53.6 Å². The van der Waals surface area contributed by atoms with Crippen LogP contribution in [0.15, 0.2) is 47.5 Å². The van der Waals surface area contributed by atoms with Crippen LogP contribution in [-0.2, 0) is 6.54 Å². The quantitative estimate of drug-likeness (QED) is 0.259. The van der Waals surface area contributed by atoms with Crippen molar-refractivity contribution < 1.29 is 9.47 Å². The lowest BCUT2D eigenvalue weighted by molar-refractivity contribution is 0.175. The number of ether oxygens (including phenoxy) is 2. The summed E-state index contributed by atoms with van der Waals surface area (Å²) in [5.41, 5.74) is 2.43. The summed E-state index contributed by atoms with van der Waals surface area (Å²) in [6.07, 6.45) is 0. The summed E-state index contributed by atoms with van der Waals surface area (Å²) >= 11 is 2.33. The molecule has 1 aliphatic heterocycles. The molecule has 0 aliphatic carbocycles. The van der Waals surface area contributed by atoms with E-state index in [1.807, 2.05) is 6.07 Å². The van der Waals surface area contributed by atoms with Crippen molar-refractivity contribution in [3.63, 3.8) is 0 Å². The topological polar surface area (TPSA) is 61.1 Å². The van der Waals surface area contributed by atoms with Crippen LogP contribution in [0.25, 0.3) is 0 Å². The monoisotopic (exact) mass is 504 g/mol. The summed E-state index contributed by atoms with van der Waals surface area (Å²) in [6.45, 7) is 4.79. The highest BCUT2D eigenvalue weighted by molar-refractivity contribution is 14.1. The van der Waals surface area contributed by atoms with Crippen LogP contribution >= 0.6 is 22.6 Å². The lowest BCUT2D eigenvalue weighted by Crippen LogP contribution is -2.48. The highest BCUT2D eigenvalue weighted by atomic mass is 127. The Kier molecular flexibility index (Phi) is 7.72. The molecule has 6 nitrogen and oxygen atoms in total. The van der Waals surface area contributed by atoms with E-state index in [0.717, 1.165) is 43.0 Å². The second-order valence-electron chi connectivity index (χ2n) is 6.75. The molecule has 0 radical (unpaired) electrons. The molecule has 0 amide bonds. The molecule has 0 aromatic heterocycles. The van der Waals surface area contributed by atoms with Gasteiger partial charge in [0.2, 0.25) is 0 Å². The Balaban J connectivity index is 1.73. The van der Waals surface area contributed by atoms with E-state index in [1.54, 1.807) is 26.4 Å². The van der Waals surface area contributed by atoms with Gasteiger partial charge < -0.3 is 14.4 Å². The molecule has 7 heteroatoms. The summed E-state index contributed by atoms with van der Waals surface area (Å²) in [5.74, 6) is 2.09. The minimum atomic E-state index is 0.479. The molecular weight excluding hydrogens is 479 g/mol. The maximum atomic E-state index is 9.54. The first-order valence-corrected chi connectivity index (χ1v) is 11.0. The molecule has 0 spiro atoms. The molecule has 1 heterocycles. The molecule has 2 aromatic carbocycles. The van der Waals surface area contributed by atoms with Gasteiger partial charge in [-0.15, -0.1) is 0 Å². The van der Waals surface area contributed by atoms with Crippen LogP contribution < -0.4 is 9.47 Å². The predicted octanol–water partition coefficient (Wildman–Crippen LogP) is 3.86. The zero-order valence-electron chi connectivity index (χ0n) is 16.8. The van der Waals surface area contributed by atoms with Gasteiger partial charge >= 0.3 is 0 Å². The van der Waals surface area contributed by atoms with Gasteiger partial charge in [-0.3, -0.25) is 4.90 Å². The molecule has 0 atom stereocenters. The number of nitriles is 1. The number of halogens is 1. The molecule has 0 bridgehead atoms. The molecular formula is C22H25IN4O2. The largest absolute Gasteiger partial charge is 0.493 e. The molecule has 1 fully saturated rings. The first kappa shape index (κ1) is 21.4. The molecule has 2 aromatic rings. The third-order valence-electron chi connectivity index (χ3n) is 4.98. The summed E-state index contributed by atoms with van der Waals surface area (Å²) in [6, 6.07) is 16.2. The summed E-state index contributed by atoms with van der Waals surface area (Å²) in [7, 11) is 3.15. The van der Waals surface area contributed by atoms with E-state index in [0.29, 0.717) is 22.7 Å². The molecule has 1 aliphatic rings. The molecule has 0 unspecified atom stereocenters. The molecule has 1 saturated heterocycles. The number of benzene rings is 2. The van der Waals surface area contributed by atoms with Crippen molar-refractivity contribution >= 4 is 34.1 Å². The molecule has 152 valence electrons. The van der Waals surface area contributed by atoms with Crippen molar-refractivity contribution in [2.24, 2.45) is 4.99 Å². The zero-order chi connectivity index (χ0) is 20.6. The van der Waals surface area contributed by atoms with Gasteiger partial charge in [-0.2, -0.15) is 5.26 Å². The van der Waals surface area contributed by atoms with Gasteiger partial charge in [-0.25, -0.2) is 4.99 Å². The Bertz CT molecular complexity index is 888. The first-order valence-electron chi connectivity index (χ1n) is 9.49. The lowest BCUT2D eigenvalue weighted by Gasteiger charge is -2.36. The fourth-order valence-electron chi connectivity index (χ4n) is 3.38. The van der Waals surface area contributed by atoms with Gasteiger partial charge in [-0.05, 0) is 5.56 Å². The van der Waals surface area contributed by atoms with Gasteiger partial charge in [-0.1, -0.05) is 52.9 Å². The Morgan fingerprint density at radius 1 is 1.07 bits per heavy atom. The maximum Gasteiger partial charge on any atom is 0.162 e. The van der Waals surface area contributed by atoms with Crippen LogP contribution in [0.3, 0.4) is 0 Å². The molecule has 0 saturated carbocycles. The highest BCUT2D eigenvalue weighted by Gasteiger charge is 2.20. The molecule has 0 N–H and O–H groups in total. The number of hydrogen-bond donors (Lipinski definition) is 0. The normalized spacial score (nSPS) is 15.1. The Morgan fingerprint density at radius 2 is 1.72 bits per heavy atom. The minimum absolute atomic E-state index is 0.479. The summed E-state index contributed by atoms with van der Waals surface area (Å²) < 4.78 is 11.5. The van der Waals surface area contributed by atoms with Gasteiger partial charge in [0.25, 0.3) is 0 Å². The second kappa shape index (κ2) is 10.5. The summed E-state index contributed by atoms with van der Waals surface area (Å²) in [4.78, 5) is 9.60. The van der Waals surface area contributed by atoms with E-state index in [4.69, 9.17) is 14.5 Å². The van der Waals surface area contributed by atoms with E-state index in [9.17, 15) is 5.26 Å². The maximum absolute atomic E-state index is 9.54. The molecule has 29 heavy (non-hydrogen) atoms. The van der Waals surface area contributed by atoms with E-state index >= 15 is 0 Å². The highest BCUT2D eigenvalue weighted by Crippen LogP contribution is 2.34. The van der Waals surface area contributed by atoms with Crippen molar-refractivity contribution in [3.8, 4) is 17.6 Å². The number of methoxy groups -OCH3 is 2. The number of rotatable bonds is 6. The van der Waals surface area contributed by atoms with E-state index < -0.39 is 0 Å².